The second kappa shape index (κ2) is 61.6. The minimum Gasteiger partial charge on any atom is -0.462 e. The van der Waals surface area contributed by atoms with Gasteiger partial charge in [0.2, 0.25) is 0 Å². The Morgan fingerprint density at radius 3 is 0.780 bits per heavy atom. The Balaban J connectivity index is 5.23. The Bertz CT molecular complexity index is 1800. The fourth-order valence-electron chi connectivity index (χ4n) is 10.8. The van der Waals surface area contributed by atoms with Crippen LogP contribution in [0.1, 0.15) is 357 Å². The molecule has 0 aromatic carbocycles. The standard InChI is InChI=1S/C72H140O17P2/c1-9-65(8)51-43-35-27-16-14-12-10-11-13-15-17-30-38-46-54-71(76)88-67(58-82-69(74)52-44-36-28-21-18-24-32-40-48-62(2)3)60-86-90(78,79)84-56-66(73)57-85-91(80,81)87-61-68(89-72(77)55-47-39-31-23-20-26-34-42-50-64(6)7)59-83-70(75)53-45-37-29-22-19-25-33-41-49-63(4)5/h62-68,73H,9-61H2,1-8H3,(H,78,79)(H,80,81)/t65?,66?,67-,68-/m1/s1. The van der Waals surface area contributed by atoms with Crippen LogP contribution in [0.3, 0.4) is 0 Å². The van der Waals surface area contributed by atoms with Gasteiger partial charge >= 0.3 is 39.5 Å². The average Bonchev–Trinajstić information content (AvgIpc) is 3.72. The summed E-state index contributed by atoms with van der Waals surface area (Å²) in [7, 11) is -9.91. The molecule has 0 saturated heterocycles. The molecule has 0 aliphatic heterocycles. The molecule has 0 aliphatic rings. The first-order valence-electron chi connectivity index (χ1n) is 37.2. The van der Waals surface area contributed by atoms with Gasteiger partial charge < -0.3 is 33.8 Å². The maximum atomic E-state index is 13.0. The Morgan fingerprint density at radius 2 is 0.527 bits per heavy atom. The third kappa shape index (κ3) is 65.1. The lowest BCUT2D eigenvalue weighted by Crippen LogP contribution is -2.30. The lowest BCUT2D eigenvalue weighted by molar-refractivity contribution is -0.161. The number of esters is 4. The number of phosphoric acid groups is 2. The van der Waals surface area contributed by atoms with E-state index < -0.39 is 97.5 Å². The predicted octanol–water partition coefficient (Wildman–Crippen LogP) is 20.5. The molecule has 0 spiro atoms. The van der Waals surface area contributed by atoms with Crippen molar-refractivity contribution in [3.8, 4) is 0 Å². The van der Waals surface area contributed by atoms with E-state index in [0.29, 0.717) is 25.7 Å². The molecule has 0 aromatic rings. The van der Waals surface area contributed by atoms with Crippen LogP contribution < -0.4 is 0 Å². The lowest BCUT2D eigenvalue weighted by atomic mass is 9.99. The monoisotopic (exact) mass is 1340 g/mol. The summed E-state index contributed by atoms with van der Waals surface area (Å²) in [6.45, 7) is 14.1. The summed E-state index contributed by atoms with van der Waals surface area (Å²) < 4.78 is 68.3. The second-order valence-electron chi connectivity index (χ2n) is 27.6. The van der Waals surface area contributed by atoms with Gasteiger partial charge in [-0.25, -0.2) is 9.13 Å². The highest BCUT2D eigenvalue weighted by molar-refractivity contribution is 7.47. The third-order valence-electron chi connectivity index (χ3n) is 16.9. The van der Waals surface area contributed by atoms with Gasteiger partial charge in [0.15, 0.2) is 12.2 Å². The molecule has 0 saturated carbocycles. The van der Waals surface area contributed by atoms with Crippen molar-refractivity contribution in [2.75, 3.05) is 39.6 Å². The summed E-state index contributed by atoms with van der Waals surface area (Å²) in [5.41, 5.74) is 0. The Morgan fingerprint density at radius 1 is 0.308 bits per heavy atom. The van der Waals surface area contributed by atoms with Crippen molar-refractivity contribution in [3.63, 3.8) is 0 Å². The molecule has 0 bridgehead atoms. The van der Waals surface area contributed by atoms with E-state index in [1.54, 1.807) is 0 Å². The largest absolute Gasteiger partial charge is 0.472 e. The van der Waals surface area contributed by atoms with E-state index in [1.165, 1.54) is 161 Å². The van der Waals surface area contributed by atoms with Crippen LogP contribution in [0.4, 0.5) is 0 Å². The molecule has 0 radical (unpaired) electrons. The number of aliphatic hydroxyl groups is 1. The van der Waals surface area contributed by atoms with E-state index >= 15 is 0 Å². The van der Waals surface area contributed by atoms with Crippen molar-refractivity contribution >= 4 is 39.5 Å². The van der Waals surface area contributed by atoms with Gasteiger partial charge in [0.1, 0.15) is 19.3 Å². The number of aliphatic hydroxyl groups excluding tert-OH is 1. The van der Waals surface area contributed by atoms with Crippen LogP contribution in [0.2, 0.25) is 0 Å². The second-order valence-corrected chi connectivity index (χ2v) is 30.6. The molecule has 4 unspecified atom stereocenters. The smallest absolute Gasteiger partial charge is 0.462 e. The van der Waals surface area contributed by atoms with Gasteiger partial charge in [0.05, 0.1) is 26.4 Å². The Kier molecular flexibility index (Phi) is 60.3. The summed E-state index contributed by atoms with van der Waals surface area (Å²) in [5.74, 6) is 0.888. The van der Waals surface area contributed by atoms with Crippen molar-refractivity contribution in [1.82, 2.24) is 0 Å². The number of phosphoric ester groups is 2. The summed E-state index contributed by atoms with van der Waals surface area (Å²) in [4.78, 5) is 72.6. The first-order chi connectivity index (χ1) is 43.6. The Labute approximate surface area is 556 Å². The van der Waals surface area contributed by atoms with Crippen LogP contribution in [-0.4, -0.2) is 96.7 Å². The Hall–Kier alpha value is -1.94. The molecule has 3 N–H and O–H groups in total. The SMILES string of the molecule is CCC(C)CCCCCCCCCCCCCCCCC(=O)O[C@H](COC(=O)CCCCCCCCCCC(C)C)COP(=O)(O)OCC(O)COP(=O)(O)OC[C@@H](COC(=O)CCCCCCCCCCC(C)C)OC(=O)CCCCCCCCCCC(C)C. The lowest BCUT2D eigenvalue weighted by Gasteiger charge is -2.21. The maximum absolute atomic E-state index is 13.0. The van der Waals surface area contributed by atoms with E-state index in [9.17, 15) is 43.2 Å². The molecule has 17 nitrogen and oxygen atoms in total. The molecular formula is C72H140O17P2. The minimum absolute atomic E-state index is 0.103. The maximum Gasteiger partial charge on any atom is 0.472 e. The zero-order valence-electron chi connectivity index (χ0n) is 59.5. The average molecular weight is 1340 g/mol. The van der Waals surface area contributed by atoms with Crippen molar-refractivity contribution in [1.29, 1.82) is 0 Å². The topological polar surface area (TPSA) is 237 Å². The van der Waals surface area contributed by atoms with E-state index in [2.05, 4.69) is 55.4 Å². The normalized spacial score (nSPS) is 14.5. The van der Waals surface area contributed by atoms with E-state index in [1.807, 2.05) is 0 Å². The highest BCUT2D eigenvalue weighted by Gasteiger charge is 2.30. The van der Waals surface area contributed by atoms with Crippen molar-refractivity contribution in [2.45, 2.75) is 375 Å². The zero-order chi connectivity index (χ0) is 67.5. The number of carbonyl (C=O) groups is 4. The third-order valence-corrected chi connectivity index (χ3v) is 18.8. The number of hydrogen-bond acceptors (Lipinski definition) is 15. The quantitative estimate of drug-likeness (QED) is 0.0222. The first-order valence-corrected chi connectivity index (χ1v) is 40.2. The summed E-state index contributed by atoms with van der Waals surface area (Å²) >= 11 is 0. The highest BCUT2D eigenvalue weighted by Crippen LogP contribution is 2.45. The molecule has 6 atom stereocenters. The van der Waals surface area contributed by atoms with Crippen molar-refractivity contribution < 1.29 is 80.2 Å². The molecule has 0 fully saturated rings. The summed E-state index contributed by atoms with van der Waals surface area (Å²) in [5, 5.41) is 10.6. The fourth-order valence-corrected chi connectivity index (χ4v) is 12.4. The van der Waals surface area contributed by atoms with Gasteiger partial charge in [0.25, 0.3) is 0 Å². The van der Waals surface area contributed by atoms with Gasteiger partial charge in [-0.15, -0.1) is 0 Å². The van der Waals surface area contributed by atoms with E-state index in [4.69, 9.17) is 37.0 Å². The molecule has 540 valence electrons. The van der Waals surface area contributed by atoms with Gasteiger partial charge in [0, 0.05) is 25.7 Å². The summed E-state index contributed by atoms with van der Waals surface area (Å²) in [6, 6.07) is 0. The van der Waals surface area contributed by atoms with Crippen molar-refractivity contribution in [3.05, 3.63) is 0 Å². The van der Waals surface area contributed by atoms with Crippen LogP contribution in [0, 0.1) is 23.7 Å². The number of unbranched alkanes of at least 4 members (excludes halogenated alkanes) is 34. The molecule has 0 amide bonds. The molecule has 0 aliphatic carbocycles. The number of ether oxygens (including phenoxy) is 4. The minimum atomic E-state index is -4.95. The van der Waals surface area contributed by atoms with Crippen molar-refractivity contribution in [2.24, 2.45) is 23.7 Å². The van der Waals surface area contributed by atoms with Crippen LogP contribution in [0.5, 0.6) is 0 Å². The number of carbonyl (C=O) groups excluding carboxylic acids is 4. The molecule has 19 heteroatoms. The van der Waals surface area contributed by atoms with Crippen LogP contribution in [-0.2, 0) is 65.4 Å². The molecule has 0 rings (SSSR count). The van der Waals surface area contributed by atoms with Crippen LogP contribution in [0.25, 0.3) is 0 Å². The number of rotatable bonds is 69. The zero-order valence-corrected chi connectivity index (χ0v) is 61.3. The first kappa shape index (κ1) is 89.1. The fraction of sp³-hybridized carbons (Fsp3) is 0.944. The van der Waals surface area contributed by atoms with Gasteiger partial charge in [-0.05, 0) is 49.4 Å². The van der Waals surface area contributed by atoms with Gasteiger partial charge in [-0.1, -0.05) is 306 Å². The van der Waals surface area contributed by atoms with Crippen LogP contribution >= 0.6 is 15.6 Å². The molecular weight excluding hydrogens is 1200 g/mol. The van der Waals surface area contributed by atoms with E-state index in [0.717, 1.165) is 114 Å². The highest BCUT2D eigenvalue weighted by atomic mass is 31.2. The molecule has 0 aromatic heterocycles. The summed E-state index contributed by atoms with van der Waals surface area (Å²) in [6.07, 6.45) is 44.5. The van der Waals surface area contributed by atoms with E-state index in [-0.39, 0.29) is 25.7 Å². The predicted molar refractivity (Wildman–Crippen MR) is 367 cm³/mol. The number of hydrogen-bond donors (Lipinski definition) is 3. The molecule has 0 heterocycles. The van der Waals surface area contributed by atoms with Crippen LogP contribution in [0.15, 0.2) is 0 Å². The van der Waals surface area contributed by atoms with Gasteiger partial charge in [-0.3, -0.25) is 37.3 Å². The molecule has 91 heavy (non-hydrogen) atoms. The van der Waals surface area contributed by atoms with Gasteiger partial charge in [-0.2, -0.15) is 0 Å².